The van der Waals surface area contributed by atoms with E-state index in [0.717, 1.165) is 5.56 Å². The van der Waals surface area contributed by atoms with Crippen LogP contribution in [-0.4, -0.2) is 44.5 Å². The van der Waals surface area contributed by atoms with Gasteiger partial charge >= 0.3 is 0 Å². The van der Waals surface area contributed by atoms with Crippen molar-refractivity contribution in [3.05, 3.63) is 42.5 Å². The van der Waals surface area contributed by atoms with E-state index in [2.05, 4.69) is 15.5 Å². The summed E-state index contributed by atoms with van der Waals surface area (Å²) in [5.74, 6) is 0.478. The van der Waals surface area contributed by atoms with E-state index in [4.69, 9.17) is 4.74 Å². The maximum Gasteiger partial charge on any atom is 0.260 e. The Labute approximate surface area is 136 Å². The van der Waals surface area contributed by atoms with Crippen molar-refractivity contribution in [2.45, 2.75) is 11.9 Å². The molecule has 2 heterocycles. The first-order valence-corrected chi connectivity index (χ1v) is 7.92. The highest BCUT2D eigenvalue weighted by molar-refractivity contribution is 8.00. The lowest BCUT2D eigenvalue weighted by Gasteiger charge is -2.25. The fraction of sp³-hybridized carbons (Fsp3) is 0.286. The summed E-state index contributed by atoms with van der Waals surface area (Å²) in [6, 6.07) is 7.44. The van der Waals surface area contributed by atoms with Crippen molar-refractivity contribution in [3.63, 3.8) is 0 Å². The van der Waals surface area contributed by atoms with Crippen LogP contribution in [0.4, 0.5) is 0 Å². The second kappa shape index (κ2) is 6.69. The molecule has 2 aromatic rings. The lowest BCUT2D eigenvalue weighted by Crippen LogP contribution is -2.45. The topological polar surface area (TPSA) is 89.4 Å². The van der Waals surface area contributed by atoms with Crippen molar-refractivity contribution >= 4 is 23.6 Å². The number of carbonyl (C=O) groups is 2. The van der Waals surface area contributed by atoms with Crippen LogP contribution in [0.5, 0.6) is 5.75 Å². The molecule has 1 aliphatic rings. The van der Waals surface area contributed by atoms with Crippen LogP contribution in [0.25, 0.3) is 0 Å². The van der Waals surface area contributed by atoms with Crippen LogP contribution in [0.2, 0.25) is 0 Å². The highest BCUT2D eigenvalue weighted by Crippen LogP contribution is 2.41. The number of hydrazine groups is 1. The van der Waals surface area contributed by atoms with Crippen molar-refractivity contribution in [3.8, 4) is 5.75 Å². The molecule has 1 saturated heterocycles. The fourth-order valence-corrected chi connectivity index (χ4v) is 3.41. The molecule has 0 spiro atoms. The molecule has 1 aromatic carbocycles. The summed E-state index contributed by atoms with van der Waals surface area (Å²) in [5, 5.41) is 4.90. The standard InChI is InChI=1S/C14H15N5O3S/c1-22-11-5-3-2-4-10(11)14-19(13(21)7-23-14)17-12(20)6-18-9-15-8-16-18/h2-5,8-9,14H,6-7H2,1H3,(H,17,20). The molecule has 23 heavy (non-hydrogen) atoms. The lowest BCUT2D eigenvalue weighted by molar-refractivity contribution is -0.139. The number of nitrogens with zero attached hydrogens (tertiary/aromatic N) is 4. The Bertz CT molecular complexity index is 706. The number of thioether (sulfide) groups is 1. The molecule has 9 heteroatoms. The zero-order chi connectivity index (χ0) is 16.2. The van der Waals surface area contributed by atoms with E-state index in [1.807, 2.05) is 24.3 Å². The predicted octanol–water partition coefficient (Wildman–Crippen LogP) is 0.592. The minimum Gasteiger partial charge on any atom is -0.496 e. The number of amides is 2. The second-order valence-electron chi connectivity index (χ2n) is 4.80. The third kappa shape index (κ3) is 3.29. The Hall–Kier alpha value is -2.55. The average molecular weight is 333 g/mol. The van der Waals surface area contributed by atoms with E-state index in [9.17, 15) is 9.59 Å². The van der Waals surface area contributed by atoms with Gasteiger partial charge in [-0.15, -0.1) is 11.8 Å². The normalized spacial score (nSPS) is 17.3. The highest BCUT2D eigenvalue weighted by atomic mass is 32.2. The predicted molar refractivity (Wildman–Crippen MR) is 83.2 cm³/mol. The summed E-state index contributed by atoms with van der Waals surface area (Å²) in [6.45, 7) is -0.00685. The molecule has 1 aliphatic heterocycles. The molecule has 1 unspecified atom stereocenters. The fourth-order valence-electron chi connectivity index (χ4n) is 2.28. The van der Waals surface area contributed by atoms with Crippen LogP contribution < -0.4 is 10.2 Å². The molecule has 0 radical (unpaired) electrons. The van der Waals surface area contributed by atoms with Gasteiger partial charge in [-0.25, -0.2) is 14.7 Å². The number of methoxy groups -OCH3 is 1. The summed E-state index contributed by atoms with van der Waals surface area (Å²) in [7, 11) is 1.58. The third-order valence-corrected chi connectivity index (χ3v) is 4.48. The summed E-state index contributed by atoms with van der Waals surface area (Å²) in [6.07, 6.45) is 2.79. The molecule has 0 saturated carbocycles. The van der Waals surface area contributed by atoms with Gasteiger partial charge in [0.1, 0.15) is 30.3 Å². The SMILES string of the molecule is COc1ccccc1C1SCC(=O)N1NC(=O)Cn1cncn1. The molecule has 0 bridgehead atoms. The first-order valence-electron chi connectivity index (χ1n) is 6.87. The Kier molecular flexibility index (Phi) is 4.47. The summed E-state index contributed by atoms with van der Waals surface area (Å²) in [4.78, 5) is 28.0. The average Bonchev–Trinajstić information content (AvgIpc) is 3.18. The van der Waals surface area contributed by atoms with Crippen LogP contribution >= 0.6 is 11.8 Å². The van der Waals surface area contributed by atoms with Crippen molar-refractivity contribution in [2.24, 2.45) is 0 Å². The number of nitrogens with one attached hydrogen (secondary N) is 1. The third-order valence-electron chi connectivity index (χ3n) is 3.29. The largest absolute Gasteiger partial charge is 0.496 e. The van der Waals surface area contributed by atoms with E-state index < -0.39 is 0 Å². The van der Waals surface area contributed by atoms with Crippen molar-refractivity contribution in [1.82, 2.24) is 25.2 Å². The second-order valence-corrected chi connectivity index (χ2v) is 5.87. The Balaban J connectivity index is 1.76. The number of aromatic nitrogens is 3. The molecule has 1 atom stereocenters. The molecule has 8 nitrogen and oxygen atoms in total. The van der Waals surface area contributed by atoms with Crippen LogP contribution in [0.1, 0.15) is 10.9 Å². The number of rotatable bonds is 5. The van der Waals surface area contributed by atoms with E-state index in [0.29, 0.717) is 11.5 Å². The van der Waals surface area contributed by atoms with Crippen molar-refractivity contribution < 1.29 is 14.3 Å². The van der Waals surface area contributed by atoms with Gasteiger partial charge in [-0.3, -0.25) is 15.0 Å². The molecule has 3 rings (SSSR count). The van der Waals surface area contributed by atoms with Crippen LogP contribution in [0.15, 0.2) is 36.9 Å². The van der Waals surface area contributed by atoms with Crippen LogP contribution in [0.3, 0.4) is 0 Å². The molecule has 2 amide bonds. The number of hydrogen-bond donors (Lipinski definition) is 1. The molecule has 1 aromatic heterocycles. The van der Waals surface area contributed by atoms with Gasteiger partial charge in [-0.05, 0) is 6.07 Å². The zero-order valence-electron chi connectivity index (χ0n) is 12.4. The van der Waals surface area contributed by atoms with Crippen molar-refractivity contribution in [1.29, 1.82) is 0 Å². The first-order chi connectivity index (χ1) is 11.2. The molecule has 1 N–H and O–H groups in total. The van der Waals surface area contributed by atoms with Gasteiger partial charge in [0.15, 0.2) is 0 Å². The smallest absolute Gasteiger partial charge is 0.260 e. The number of hydrogen-bond acceptors (Lipinski definition) is 6. The molecule has 0 aliphatic carbocycles. The summed E-state index contributed by atoms with van der Waals surface area (Å²) >= 11 is 1.44. The van der Waals surface area contributed by atoms with E-state index in [1.54, 1.807) is 7.11 Å². The molecular formula is C14H15N5O3S. The van der Waals surface area contributed by atoms with E-state index in [1.165, 1.54) is 34.1 Å². The Morgan fingerprint density at radius 2 is 2.30 bits per heavy atom. The lowest BCUT2D eigenvalue weighted by atomic mass is 10.2. The summed E-state index contributed by atoms with van der Waals surface area (Å²) < 4.78 is 6.74. The Morgan fingerprint density at radius 3 is 3.04 bits per heavy atom. The van der Waals surface area contributed by atoms with Gasteiger partial charge < -0.3 is 4.74 Å². The molecule has 120 valence electrons. The number of ether oxygens (including phenoxy) is 1. The first kappa shape index (κ1) is 15.3. The molecular weight excluding hydrogens is 318 g/mol. The van der Waals surface area contributed by atoms with Gasteiger partial charge in [0.25, 0.3) is 11.8 Å². The van der Waals surface area contributed by atoms with Crippen molar-refractivity contribution in [2.75, 3.05) is 12.9 Å². The Morgan fingerprint density at radius 1 is 1.48 bits per heavy atom. The van der Waals surface area contributed by atoms with E-state index >= 15 is 0 Å². The number of para-hydroxylation sites is 1. The van der Waals surface area contributed by atoms with Crippen LogP contribution in [0, 0.1) is 0 Å². The minimum absolute atomic E-state index is 0.00685. The van der Waals surface area contributed by atoms with Crippen LogP contribution in [-0.2, 0) is 16.1 Å². The van der Waals surface area contributed by atoms with Gasteiger partial charge in [0.2, 0.25) is 0 Å². The molecule has 1 fully saturated rings. The number of carbonyl (C=O) groups excluding carboxylic acids is 2. The maximum atomic E-state index is 12.1. The number of benzene rings is 1. The minimum atomic E-state index is -0.341. The van der Waals surface area contributed by atoms with Gasteiger partial charge in [-0.2, -0.15) is 5.10 Å². The summed E-state index contributed by atoms with van der Waals surface area (Å²) in [5.41, 5.74) is 3.49. The van der Waals surface area contributed by atoms with Gasteiger partial charge in [-0.1, -0.05) is 18.2 Å². The van der Waals surface area contributed by atoms with E-state index in [-0.39, 0.29) is 23.7 Å². The highest BCUT2D eigenvalue weighted by Gasteiger charge is 2.35. The quantitative estimate of drug-likeness (QED) is 0.861. The monoisotopic (exact) mass is 333 g/mol. The maximum absolute atomic E-state index is 12.1. The van der Waals surface area contributed by atoms with Gasteiger partial charge in [0, 0.05) is 5.56 Å². The zero-order valence-corrected chi connectivity index (χ0v) is 13.2. The van der Waals surface area contributed by atoms with Gasteiger partial charge in [0.05, 0.1) is 12.9 Å².